The van der Waals surface area contributed by atoms with Crippen LogP contribution in [-0.4, -0.2) is 68.9 Å². The van der Waals surface area contributed by atoms with Gasteiger partial charge in [0, 0.05) is 30.6 Å². The van der Waals surface area contributed by atoms with Gasteiger partial charge in [-0.3, -0.25) is 29.7 Å². The van der Waals surface area contributed by atoms with Crippen molar-refractivity contribution in [2.45, 2.75) is 44.8 Å². The molecule has 1 atom stereocenters. The summed E-state index contributed by atoms with van der Waals surface area (Å²) in [4.78, 5) is 45.8. The number of nitrogens with one attached hydrogen (secondary N) is 2. The number of piperidine rings is 1. The van der Waals surface area contributed by atoms with Crippen molar-refractivity contribution in [3.05, 3.63) is 41.0 Å². The molecule has 2 saturated heterocycles. The first-order chi connectivity index (χ1) is 17.0. The first-order valence-electron chi connectivity index (χ1n) is 11.9. The number of carbonyl (C=O) groups excluding carboxylic acids is 3. The molecule has 3 aliphatic heterocycles. The highest BCUT2D eigenvalue weighted by atomic mass is 16.5. The van der Waals surface area contributed by atoms with Crippen molar-refractivity contribution in [1.82, 2.24) is 30.3 Å². The topological polar surface area (TPSA) is 121 Å². The zero-order valence-electron chi connectivity index (χ0n) is 19.5. The first kappa shape index (κ1) is 21.7. The molecule has 0 aliphatic carbocycles. The number of likely N-dealkylation sites (tertiary alicyclic amines) is 1. The SMILES string of the molecule is COc1n[nH]c2c(CN3CCCC3)cc(-c3ccc4c(c3)CN(C3CCC(=O)NC3=O)C4=O)nc12. The highest BCUT2D eigenvalue weighted by Crippen LogP contribution is 2.33. The van der Waals surface area contributed by atoms with Gasteiger partial charge in [0.15, 0.2) is 5.52 Å². The predicted octanol–water partition coefficient (Wildman–Crippen LogP) is 1.99. The molecule has 0 spiro atoms. The van der Waals surface area contributed by atoms with Gasteiger partial charge < -0.3 is 9.64 Å². The van der Waals surface area contributed by atoms with Gasteiger partial charge in [0.25, 0.3) is 11.8 Å². The third-order valence-electron chi connectivity index (χ3n) is 7.18. The Balaban J connectivity index is 1.35. The number of aromatic amines is 1. The van der Waals surface area contributed by atoms with Crippen molar-refractivity contribution in [3.8, 4) is 17.1 Å². The van der Waals surface area contributed by atoms with Gasteiger partial charge in [-0.05, 0) is 61.7 Å². The summed E-state index contributed by atoms with van der Waals surface area (Å²) in [6.07, 6.45) is 2.99. The number of hydrogen-bond donors (Lipinski definition) is 2. The summed E-state index contributed by atoms with van der Waals surface area (Å²) in [7, 11) is 1.58. The van der Waals surface area contributed by atoms with E-state index in [9.17, 15) is 14.4 Å². The van der Waals surface area contributed by atoms with Crippen LogP contribution in [0.5, 0.6) is 5.88 Å². The molecule has 5 heterocycles. The molecule has 3 aromatic rings. The number of amides is 3. The maximum Gasteiger partial charge on any atom is 0.259 e. The molecule has 3 amide bonds. The highest BCUT2D eigenvalue weighted by molar-refractivity contribution is 6.05. The lowest BCUT2D eigenvalue weighted by Gasteiger charge is -2.29. The van der Waals surface area contributed by atoms with Gasteiger partial charge in [-0.2, -0.15) is 0 Å². The maximum absolute atomic E-state index is 13.1. The average molecular weight is 475 g/mol. The summed E-state index contributed by atoms with van der Waals surface area (Å²) in [5, 5.41) is 9.71. The zero-order chi connectivity index (χ0) is 24.1. The summed E-state index contributed by atoms with van der Waals surface area (Å²) in [5.74, 6) is -0.437. The molecule has 3 aliphatic rings. The van der Waals surface area contributed by atoms with E-state index in [0.717, 1.165) is 47.5 Å². The van der Waals surface area contributed by atoms with Gasteiger partial charge >= 0.3 is 0 Å². The molecular weight excluding hydrogens is 448 g/mol. The highest BCUT2D eigenvalue weighted by Gasteiger charge is 2.39. The Morgan fingerprint density at radius 3 is 2.74 bits per heavy atom. The van der Waals surface area contributed by atoms with E-state index in [4.69, 9.17) is 9.72 Å². The third kappa shape index (κ3) is 3.74. The number of nitrogens with zero attached hydrogens (tertiary/aromatic N) is 4. The standard InChI is InChI=1S/C25H26N6O4/c1-35-24-22-21(28-29-24)16(12-30-8-2-3-9-30)11-18(26-22)14-4-5-17-15(10-14)13-31(25(17)34)19-6-7-20(32)27-23(19)33/h4-5,10-11,19H,2-3,6-9,12-13H2,1H3,(H,28,29)(H,27,32,33). The van der Waals surface area contributed by atoms with Crippen molar-refractivity contribution in [1.29, 1.82) is 0 Å². The van der Waals surface area contributed by atoms with Gasteiger partial charge in [-0.1, -0.05) is 6.07 Å². The molecule has 2 aromatic heterocycles. The van der Waals surface area contributed by atoms with Crippen LogP contribution in [-0.2, 0) is 22.7 Å². The number of ether oxygens (including phenoxy) is 1. The van der Waals surface area contributed by atoms with Crippen LogP contribution in [0.4, 0.5) is 0 Å². The normalized spacial score (nSPS) is 20.5. The van der Waals surface area contributed by atoms with Crippen LogP contribution >= 0.6 is 0 Å². The number of carbonyl (C=O) groups is 3. The number of benzene rings is 1. The largest absolute Gasteiger partial charge is 0.478 e. The monoisotopic (exact) mass is 474 g/mol. The van der Waals surface area contributed by atoms with Crippen LogP contribution in [0.25, 0.3) is 22.3 Å². The second kappa shape index (κ2) is 8.46. The Kier molecular flexibility index (Phi) is 5.25. The fourth-order valence-corrected chi connectivity index (χ4v) is 5.37. The fraction of sp³-hybridized carbons (Fsp3) is 0.400. The van der Waals surface area contributed by atoms with Crippen molar-refractivity contribution < 1.29 is 19.1 Å². The van der Waals surface area contributed by atoms with E-state index in [1.165, 1.54) is 12.8 Å². The molecule has 0 radical (unpaired) electrons. The van der Waals surface area contributed by atoms with Crippen LogP contribution in [0.1, 0.15) is 47.2 Å². The molecule has 6 rings (SSSR count). The Morgan fingerprint density at radius 2 is 1.97 bits per heavy atom. The number of pyridine rings is 1. The lowest BCUT2D eigenvalue weighted by molar-refractivity contribution is -0.136. The van der Waals surface area contributed by atoms with Crippen molar-refractivity contribution in [2.75, 3.05) is 20.2 Å². The van der Waals surface area contributed by atoms with Gasteiger partial charge in [-0.25, -0.2) is 4.98 Å². The molecular formula is C25H26N6O4. The van der Waals surface area contributed by atoms with E-state index < -0.39 is 11.9 Å². The number of imide groups is 1. The third-order valence-corrected chi connectivity index (χ3v) is 7.18. The summed E-state index contributed by atoms with van der Waals surface area (Å²) in [6.45, 7) is 3.26. The molecule has 1 aromatic carbocycles. The maximum atomic E-state index is 13.1. The molecule has 0 bridgehead atoms. The quantitative estimate of drug-likeness (QED) is 0.543. The Labute approximate surface area is 201 Å². The molecule has 10 heteroatoms. The smallest absolute Gasteiger partial charge is 0.259 e. The minimum Gasteiger partial charge on any atom is -0.478 e. The van der Waals surface area contributed by atoms with Crippen molar-refractivity contribution in [3.63, 3.8) is 0 Å². The first-order valence-corrected chi connectivity index (χ1v) is 11.9. The Hall–Kier alpha value is -3.79. The Bertz CT molecular complexity index is 1360. The molecule has 1 unspecified atom stereocenters. The number of methoxy groups -OCH3 is 1. The number of fused-ring (bicyclic) bond motifs is 2. The molecule has 2 fully saturated rings. The van der Waals surface area contributed by atoms with Gasteiger partial charge in [0.1, 0.15) is 6.04 Å². The van der Waals surface area contributed by atoms with E-state index in [0.29, 0.717) is 29.9 Å². The number of hydrogen-bond acceptors (Lipinski definition) is 7. The molecule has 2 N–H and O–H groups in total. The number of aromatic nitrogens is 3. The van der Waals surface area contributed by atoms with E-state index in [1.54, 1.807) is 18.1 Å². The van der Waals surface area contributed by atoms with Crippen LogP contribution in [0, 0.1) is 0 Å². The number of H-pyrrole nitrogens is 1. The molecule has 180 valence electrons. The van der Waals surface area contributed by atoms with Gasteiger partial charge in [-0.15, -0.1) is 5.10 Å². The minimum absolute atomic E-state index is 0.185. The Morgan fingerprint density at radius 1 is 1.14 bits per heavy atom. The van der Waals surface area contributed by atoms with Crippen molar-refractivity contribution >= 4 is 28.8 Å². The second-order valence-corrected chi connectivity index (χ2v) is 9.38. The summed E-state index contributed by atoms with van der Waals surface area (Å²) in [5.41, 5.74) is 5.75. The minimum atomic E-state index is -0.632. The average Bonchev–Trinajstić information content (AvgIpc) is 3.58. The fourth-order valence-electron chi connectivity index (χ4n) is 5.37. The van der Waals surface area contributed by atoms with Gasteiger partial charge in [0.05, 0.1) is 18.3 Å². The van der Waals surface area contributed by atoms with Gasteiger partial charge in [0.2, 0.25) is 11.8 Å². The second-order valence-electron chi connectivity index (χ2n) is 9.38. The van der Waals surface area contributed by atoms with Crippen LogP contribution in [0.15, 0.2) is 24.3 Å². The summed E-state index contributed by atoms with van der Waals surface area (Å²) in [6, 6.07) is 7.12. The van der Waals surface area contributed by atoms with Crippen molar-refractivity contribution in [2.24, 2.45) is 0 Å². The van der Waals surface area contributed by atoms with Crippen LogP contribution < -0.4 is 10.1 Å². The van der Waals surface area contributed by atoms with E-state index in [2.05, 4.69) is 26.5 Å². The van der Waals surface area contributed by atoms with E-state index in [1.807, 2.05) is 12.1 Å². The predicted molar refractivity (Wildman–Crippen MR) is 126 cm³/mol. The molecule has 35 heavy (non-hydrogen) atoms. The van der Waals surface area contributed by atoms with Crippen LogP contribution in [0.3, 0.4) is 0 Å². The van der Waals surface area contributed by atoms with Crippen LogP contribution in [0.2, 0.25) is 0 Å². The summed E-state index contributed by atoms with van der Waals surface area (Å²) < 4.78 is 5.44. The molecule has 0 saturated carbocycles. The molecule has 10 nitrogen and oxygen atoms in total. The van der Waals surface area contributed by atoms with E-state index in [-0.39, 0.29) is 18.2 Å². The number of rotatable bonds is 5. The lowest BCUT2D eigenvalue weighted by Crippen LogP contribution is -2.52. The lowest BCUT2D eigenvalue weighted by atomic mass is 10.0. The summed E-state index contributed by atoms with van der Waals surface area (Å²) >= 11 is 0. The zero-order valence-corrected chi connectivity index (χ0v) is 19.5. The van der Waals surface area contributed by atoms with E-state index >= 15 is 0 Å².